The lowest BCUT2D eigenvalue weighted by Crippen LogP contribution is -2.30. The number of allylic oxidation sites excluding steroid dienone is 18. The van der Waals surface area contributed by atoms with Gasteiger partial charge < -0.3 is 14.2 Å². The van der Waals surface area contributed by atoms with Crippen LogP contribution in [-0.2, 0) is 28.6 Å². The lowest BCUT2D eigenvalue weighted by molar-refractivity contribution is -0.167. The molecule has 6 nitrogen and oxygen atoms in total. The molecule has 0 heterocycles. The van der Waals surface area contributed by atoms with Gasteiger partial charge in [-0.3, -0.25) is 14.4 Å². The van der Waals surface area contributed by atoms with Crippen LogP contribution in [0.5, 0.6) is 0 Å². The first kappa shape index (κ1) is 75.1. The van der Waals surface area contributed by atoms with Crippen LogP contribution in [-0.4, -0.2) is 37.2 Å². The van der Waals surface area contributed by atoms with E-state index in [9.17, 15) is 14.4 Å². The zero-order valence-corrected chi connectivity index (χ0v) is 51.9. The van der Waals surface area contributed by atoms with Crippen molar-refractivity contribution in [3.05, 3.63) is 109 Å². The van der Waals surface area contributed by atoms with Gasteiger partial charge in [0.15, 0.2) is 6.10 Å². The molecule has 0 aromatic rings. The normalized spacial score (nSPS) is 12.8. The van der Waals surface area contributed by atoms with Crippen LogP contribution in [0.2, 0.25) is 0 Å². The van der Waals surface area contributed by atoms with Gasteiger partial charge >= 0.3 is 17.9 Å². The number of carbonyl (C=O) groups excluding carboxylic acids is 3. The van der Waals surface area contributed by atoms with Gasteiger partial charge in [-0.15, -0.1) is 0 Å². The highest BCUT2D eigenvalue weighted by Gasteiger charge is 2.19. The van der Waals surface area contributed by atoms with Crippen molar-refractivity contribution in [1.29, 1.82) is 0 Å². The maximum atomic E-state index is 12.9. The molecule has 0 bridgehead atoms. The predicted octanol–water partition coefficient (Wildman–Crippen LogP) is 23.0. The molecule has 79 heavy (non-hydrogen) atoms. The van der Waals surface area contributed by atoms with E-state index in [-0.39, 0.29) is 37.5 Å². The lowest BCUT2D eigenvalue weighted by Gasteiger charge is -2.18. The first-order valence-corrected chi connectivity index (χ1v) is 33.4. The van der Waals surface area contributed by atoms with E-state index in [2.05, 4.69) is 130 Å². The lowest BCUT2D eigenvalue weighted by atomic mass is 10.0. The third-order valence-corrected chi connectivity index (χ3v) is 14.3. The molecular formula is C73H124O6. The SMILES string of the molecule is CC/C=C\C/C=C\C/C=C\C/C=C\C/C=C\CCCC(=O)OCC(COC(=O)CCCCCCCCCCCC/C=C\C/C=C\C/C=C\C/C=C\CC)OC(=O)CCCCCCCCCCCCCCCCCCCCCCC. The molecule has 0 aliphatic rings. The Morgan fingerprint density at radius 1 is 0.266 bits per heavy atom. The Bertz CT molecular complexity index is 1590. The van der Waals surface area contributed by atoms with Crippen LogP contribution >= 0.6 is 0 Å². The van der Waals surface area contributed by atoms with E-state index < -0.39 is 6.10 Å². The third kappa shape index (κ3) is 64.8. The molecule has 1 unspecified atom stereocenters. The predicted molar refractivity (Wildman–Crippen MR) is 343 cm³/mol. The molecule has 0 rings (SSSR count). The molecule has 0 saturated heterocycles. The molecule has 0 N–H and O–H groups in total. The molecule has 6 heteroatoms. The summed E-state index contributed by atoms with van der Waals surface area (Å²) >= 11 is 0. The Morgan fingerprint density at radius 2 is 0.506 bits per heavy atom. The second-order valence-corrected chi connectivity index (χ2v) is 22.0. The molecule has 0 amide bonds. The summed E-state index contributed by atoms with van der Waals surface area (Å²) in [5.74, 6) is -0.948. The Labute approximate surface area is 489 Å². The second kappa shape index (κ2) is 66.6. The molecule has 0 aromatic carbocycles. The minimum absolute atomic E-state index is 0.0966. The van der Waals surface area contributed by atoms with E-state index in [1.807, 2.05) is 0 Å². The number of ether oxygens (including phenoxy) is 3. The van der Waals surface area contributed by atoms with Crippen LogP contribution in [0.25, 0.3) is 0 Å². The fourth-order valence-corrected chi connectivity index (χ4v) is 9.35. The fraction of sp³-hybridized carbons (Fsp3) is 0.712. The average Bonchev–Trinajstić information content (AvgIpc) is 3.45. The van der Waals surface area contributed by atoms with E-state index in [4.69, 9.17) is 14.2 Å². The smallest absolute Gasteiger partial charge is 0.306 e. The van der Waals surface area contributed by atoms with Crippen molar-refractivity contribution in [2.75, 3.05) is 13.2 Å². The van der Waals surface area contributed by atoms with Crippen molar-refractivity contribution in [1.82, 2.24) is 0 Å². The van der Waals surface area contributed by atoms with Gasteiger partial charge in [-0.25, -0.2) is 0 Å². The van der Waals surface area contributed by atoms with Gasteiger partial charge in [-0.2, -0.15) is 0 Å². The van der Waals surface area contributed by atoms with Crippen molar-refractivity contribution in [3.63, 3.8) is 0 Å². The summed E-state index contributed by atoms with van der Waals surface area (Å²) in [6, 6.07) is 0. The largest absolute Gasteiger partial charge is 0.462 e. The van der Waals surface area contributed by atoms with Crippen LogP contribution in [0.1, 0.15) is 316 Å². The van der Waals surface area contributed by atoms with Crippen molar-refractivity contribution in [3.8, 4) is 0 Å². The molecule has 0 radical (unpaired) electrons. The molecule has 0 aliphatic heterocycles. The molecule has 0 spiro atoms. The van der Waals surface area contributed by atoms with Crippen LogP contribution in [0.3, 0.4) is 0 Å². The number of esters is 3. The van der Waals surface area contributed by atoms with Crippen LogP contribution in [0.4, 0.5) is 0 Å². The number of unbranched alkanes of at least 4 members (excludes halogenated alkanes) is 31. The van der Waals surface area contributed by atoms with E-state index in [0.717, 1.165) is 103 Å². The summed E-state index contributed by atoms with van der Waals surface area (Å²) in [7, 11) is 0. The maximum absolute atomic E-state index is 12.9. The molecule has 0 aliphatic carbocycles. The summed E-state index contributed by atoms with van der Waals surface area (Å²) in [5, 5.41) is 0. The number of hydrogen-bond acceptors (Lipinski definition) is 6. The number of rotatable bonds is 60. The van der Waals surface area contributed by atoms with E-state index >= 15 is 0 Å². The Morgan fingerprint density at radius 3 is 0.823 bits per heavy atom. The zero-order chi connectivity index (χ0) is 57.1. The summed E-state index contributed by atoms with van der Waals surface area (Å²) < 4.78 is 16.9. The van der Waals surface area contributed by atoms with Crippen LogP contribution in [0.15, 0.2) is 109 Å². The molecule has 0 fully saturated rings. The second-order valence-electron chi connectivity index (χ2n) is 22.0. The summed E-state index contributed by atoms with van der Waals surface area (Å²) in [6.45, 7) is 6.40. The summed E-state index contributed by atoms with van der Waals surface area (Å²) in [4.78, 5) is 38.4. The van der Waals surface area contributed by atoms with E-state index in [1.165, 1.54) is 167 Å². The minimum atomic E-state index is -0.805. The summed E-state index contributed by atoms with van der Waals surface area (Å²) in [6.07, 6.45) is 91.1. The van der Waals surface area contributed by atoms with Crippen molar-refractivity contribution in [2.45, 2.75) is 322 Å². The van der Waals surface area contributed by atoms with Gasteiger partial charge in [0.1, 0.15) is 13.2 Å². The molecule has 452 valence electrons. The molecule has 0 aromatic heterocycles. The fourth-order valence-electron chi connectivity index (χ4n) is 9.35. The highest BCUT2D eigenvalue weighted by molar-refractivity contribution is 5.71. The Hall–Kier alpha value is -3.93. The molecule has 1 atom stereocenters. The van der Waals surface area contributed by atoms with Crippen molar-refractivity contribution >= 4 is 17.9 Å². The number of hydrogen-bond donors (Lipinski definition) is 0. The van der Waals surface area contributed by atoms with Gasteiger partial charge in [0.05, 0.1) is 0 Å². The standard InChI is InChI=1S/C73H124O6/c1-4-7-10-13-16-19-22-25-28-31-33-35-36-38-39-42-45-48-51-54-57-60-63-66-72(75)78-69-70(68-77-71(74)65-62-59-56-53-50-47-44-41-30-27-24-21-18-15-12-9-6-3)79-73(76)67-64-61-58-55-52-49-46-43-40-37-34-32-29-26-23-20-17-14-11-8-5-2/h7,9-10,12,16,18-19,21,25,27-28,30,33,35,44,47,53,56,70H,4-6,8,11,13-15,17,20,22-24,26,29,31-32,34,36-43,45-46,48-52,54-55,57-69H2,1-3H3/b10-7-,12-9-,19-16-,21-18-,28-25-,30-27-,35-33-,47-44-,56-53-. The highest BCUT2D eigenvalue weighted by Crippen LogP contribution is 2.17. The van der Waals surface area contributed by atoms with E-state index in [0.29, 0.717) is 19.3 Å². The minimum Gasteiger partial charge on any atom is -0.462 e. The van der Waals surface area contributed by atoms with Gasteiger partial charge in [0, 0.05) is 19.3 Å². The highest BCUT2D eigenvalue weighted by atomic mass is 16.6. The topological polar surface area (TPSA) is 78.9 Å². The van der Waals surface area contributed by atoms with Gasteiger partial charge in [-0.05, 0) is 96.3 Å². The Balaban J connectivity index is 4.42. The van der Waals surface area contributed by atoms with Crippen molar-refractivity contribution in [2.24, 2.45) is 0 Å². The van der Waals surface area contributed by atoms with Gasteiger partial charge in [-0.1, -0.05) is 310 Å². The monoisotopic (exact) mass is 1100 g/mol. The molecular weight excluding hydrogens is 973 g/mol. The summed E-state index contributed by atoms with van der Waals surface area (Å²) in [5.41, 5.74) is 0. The maximum Gasteiger partial charge on any atom is 0.306 e. The van der Waals surface area contributed by atoms with Gasteiger partial charge in [0.2, 0.25) is 0 Å². The van der Waals surface area contributed by atoms with Crippen LogP contribution < -0.4 is 0 Å². The van der Waals surface area contributed by atoms with Crippen molar-refractivity contribution < 1.29 is 28.6 Å². The first-order chi connectivity index (χ1) is 39.0. The zero-order valence-electron chi connectivity index (χ0n) is 51.9. The number of carbonyl (C=O) groups is 3. The third-order valence-electron chi connectivity index (χ3n) is 14.3. The first-order valence-electron chi connectivity index (χ1n) is 33.4. The Kier molecular flexibility index (Phi) is 63.3. The van der Waals surface area contributed by atoms with E-state index in [1.54, 1.807) is 0 Å². The van der Waals surface area contributed by atoms with Crippen LogP contribution in [0, 0.1) is 0 Å². The average molecular weight is 1100 g/mol. The van der Waals surface area contributed by atoms with Gasteiger partial charge in [0.25, 0.3) is 0 Å². The quantitative estimate of drug-likeness (QED) is 0.0261. The molecule has 0 saturated carbocycles.